The first-order valence-electron chi connectivity index (χ1n) is 9.39. The Morgan fingerprint density at radius 2 is 2.00 bits per heavy atom. The number of methoxy groups -OCH3 is 1. The van der Waals surface area contributed by atoms with E-state index >= 15 is 0 Å². The van der Waals surface area contributed by atoms with Gasteiger partial charge in [0.25, 0.3) is 5.91 Å². The van der Waals surface area contributed by atoms with Crippen LogP contribution in [0.3, 0.4) is 0 Å². The summed E-state index contributed by atoms with van der Waals surface area (Å²) in [7, 11) is 1.61. The summed E-state index contributed by atoms with van der Waals surface area (Å²) >= 11 is 0. The largest absolute Gasteiger partial charge is 0.383 e. The van der Waals surface area contributed by atoms with Crippen LogP contribution >= 0.6 is 0 Å². The maximum absolute atomic E-state index is 13.3. The summed E-state index contributed by atoms with van der Waals surface area (Å²) in [5.41, 5.74) is 3.28. The molecule has 148 valence electrons. The van der Waals surface area contributed by atoms with Gasteiger partial charge in [-0.2, -0.15) is 0 Å². The fourth-order valence-electron chi connectivity index (χ4n) is 3.50. The highest BCUT2D eigenvalue weighted by molar-refractivity contribution is 5.94. The lowest BCUT2D eigenvalue weighted by Crippen LogP contribution is -2.32. The van der Waals surface area contributed by atoms with Gasteiger partial charge < -0.3 is 15.0 Å². The summed E-state index contributed by atoms with van der Waals surface area (Å²) < 4.78 is 18.3. The van der Waals surface area contributed by atoms with Crippen LogP contribution in [0.1, 0.15) is 22.3 Å². The standard InChI is InChI=1S/C22H25FN2O3/c1-15-11-19(23)7-8-20(15)17-3-5-18(6-4-17)22(27)24-13-16-12-21(26)25(14-16)9-10-28-2/h3-8,11,16H,9-10,12-14H2,1-2H3,(H,24,27)/t16-/m0/s1. The SMILES string of the molecule is COCCN1C[C@H](CNC(=O)c2ccc(-c3ccc(F)cc3C)cc2)CC1=O. The molecule has 1 atom stereocenters. The molecular formula is C22H25FN2O3. The Morgan fingerprint density at radius 1 is 1.25 bits per heavy atom. The Labute approximate surface area is 164 Å². The second-order valence-electron chi connectivity index (χ2n) is 7.15. The second-order valence-corrected chi connectivity index (χ2v) is 7.15. The number of ether oxygens (including phenoxy) is 1. The van der Waals surface area contributed by atoms with Gasteiger partial charge in [0.2, 0.25) is 5.91 Å². The fourth-order valence-corrected chi connectivity index (χ4v) is 3.50. The molecule has 1 aliphatic rings. The molecule has 28 heavy (non-hydrogen) atoms. The third-order valence-corrected chi connectivity index (χ3v) is 5.06. The first-order chi connectivity index (χ1) is 13.5. The molecule has 0 unspecified atom stereocenters. The van der Waals surface area contributed by atoms with Crippen molar-refractivity contribution < 1.29 is 18.7 Å². The number of rotatable bonds is 7. The molecule has 1 aliphatic heterocycles. The predicted octanol–water partition coefficient (Wildman–Crippen LogP) is 3.03. The summed E-state index contributed by atoms with van der Waals surface area (Å²) in [6, 6.07) is 11.9. The van der Waals surface area contributed by atoms with Crippen molar-refractivity contribution >= 4 is 11.8 Å². The van der Waals surface area contributed by atoms with Crippen molar-refractivity contribution in [3.05, 3.63) is 59.4 Å². The van der Waals surface area contributed by atoms with E-state index in [4.69, 9.17) is 4.74 Å². The van der Waals surface area contributed by atoms with Gasteiger partial charge in [-0.15, -0.1) is 0 Å². The van der Waals surface area contributed by atoms with Crippen LogP contribution in [-0.4, -0.2) is 50.1 Å². The van der Waals surface area contributed by atoms with Crippen LogP contribution in [0.2, 0.25) is 0 Å². The average molecular weight is 384 g/mol. The van der Waals surface area contributed by atoms with Crippen molar-refractivity contribution in [2.75, 3.05) is 33.4 Å². The van der Waals surface area contributed by atoms with E-state index in [9.17, 15) is 14.0 Å². The van der Waals surface area contributed by atoms with Crippen LogP contribution in [0.4, 0.5) is 4.39 Å². The van der Waals surface area contributed by atoms with E-state index in [2.05, 4.69) is 5.32 Å². The molecule has 2 amide bonds. The Balaban J connectivity index is 1.56. The molecule has 1 fully saturated rings. The van der Waals surface area contributed by atoms with Gasteiger partial charge in [0.05, 0.1) is 6.61 Å². The molecule has 0 radical (unpaired) electrons. The van der Waals surface area contributed by atoms with Crippen LogP contribution in [0.25, 0.3) is 11.1 Å². The Bertz CT molecular complexity index is 851. The van der Waals surface area contributed by atoms with Crippen molar-refractivity contribution in [2.45, 2.75) is 13.3 Å². The van der Waals surface area contributed by atoms with Crippen molar-refractivity contribution in [3.63, 3.8) is 0 Å². The molecule has 0 saturated carbocycles. The molecule has 2 aromatic carbocycles. The van der Waals surface area contributed by atoms with E-state index < -0.39 is 0 Å². The molecule has 2 aromatic rings. The van der Waals surface area contributed by atoms with Crippen LogP contribution in [-0.2, 0) is 9.53 Å². The molecule has 1 heterocycles. The van der Waals surface area contributed by atoms with Gasteiger partial charge in [-0.3, -0.25) is 9.59 Å². The first-order valence-corrected chi connectivity index (χ1v) is 9.39. The zero-order chi connectivity index (χ0) is 20.1. The van der Waals surface area contributed by atoms with E-state index in [0.717, 1.165) is 16.7 Å². The number of hydrogen-bond donors (Lipinski definition) is 1. The Hall–Kier alpha value is -2.73. The molecular weight excluding hydrogens is 359 g/mol. The number of hydrogen-bond acceptors (Lipinski definition) is 3. The minimum atomic E-state index is -0.261. The summed E-state index contributed by atoms with van der Waals surface area (Å²) in [6.45, 7) is 4.07. The van der Waals surface area contributed by atoms with E-state index in [1.54, 1.807) is 30.2 Å². The zero-order valence-electron chi connectivity index (χ0n) is 16.2. The third kappa shape index (κ3) is 4.75. The van der Waals surface area contributed by atoms with Crippen molar-refractivity contribution in [2.24, 2.45) is 5.92 Å². The maximum atomic E-state index is 13.3. The molecule has 1 saturated heterocycles. The van der Waals surface area contributed by atoms with Gasteiger partial charge >= 0.3 is 0 Å². The highest BCUT2D eigenvalue weighted by Gasteiger charge is 2.29. The second kappa shape index (κ2) is 8.97. The van der Waals surface area contributed by atoms with Gasteiger partial charge in [-0.25, -0.2) is 4.39 Å². The Morgan fingerprint density at radius 3 is 2.68 bits per heavy atom. The lowest BCUT2D eigenvalue weighted by atomic mass is 9.99. The smallest absolute Gasteiger partial charge is 0.251 e. The van der Waals surface area contributed by atoms with Crippen LogP contribution in [0, 0.1) is 18.7 Å². The quantitative estimate of drug-likeness (QED) is 0.798. The molecule has 0 aliphatic carbocycles. The fraction of sp³-hybridized carbons (Fsp3) is 0.364. The first kappa shape index (κ1) is 20.0. The molecule has 1 N–H and O–H groups in total. The molecule has 5 nitrogen and oxygen atoms in total. The number of benzene rings is 2. The lowest BCUT2D eigenvalue weighted by molar-refractivity contribution is -0.128. The number of nitrogens with one attached hydrogen (secondary N) is 1. The highest BCUT2D eigenvalue weighted by Crippen LogP contribution is 2.24. The normalized spacial score (nSPS) is 16.5. The predicted molar refractivity (Wildman–Crippen MR) is 105 cm³/mol. The van der Waals surface area contributed by atoms with Gasteiger partial charge in [0.1, 0.15) is 5.82 Å². The summed E-state index contributed by atoms with van der Waals surface area (Å²) in [5, 5.41) is 2.92. The maximum Gasteiger partial charge on any atom is 0.251 e. The minimum absolute atomic E-state index is 0.107. The van der Waals surface area contributed by atoms with Gasteiger partial charge in [0, 0.05) is 44.6 Å². The van der Waals surface area contributed by atoms with Gasteiger partial charge in [-0.05, 0) is 47.9 Å². The summed E-state index contributed by atoms with van der Waals surface area (Å²) in [6.07, 6.45) is 0.451. The molecule has 0 spiro atoms. The van der Waals surface area contributed by atoms with E-state index in [-0.39, 0.29) is 23.5 Å². The number of carbonyl (C=O) groups is 2. The van der Waals surface area contributed by atoms with Crippen molar-refractivity contribution in [3.8, 4) is 11.1 Å². The number of nitrogens with zero attached hydrogens (tertiary/aromatic N) is 1. The van der Waals surface area contributed by atoms with Crippen molar-refractivity contribution in [1.29, 1.82) is 0 Å². The van der Waals surface area contributed by atoms with E-state index in [1.165, 1.54) is 12.1 Å². The van der Waals surface area contributed by atoms with Crippen molar-refractivity contribution in [1.82, 2.24) is 10.2 Å². The van der Waals surface area contributed by atoms with Gasteiger partial charge in [-0.1, -0.05) is 18.2 Å². The van der Waals surface area contributed by atoms with Gasteiger partial charge in [0.15, 0.2) is 0 Å². The number of carbonyl (C=O) groups excluding carboxylic acids is 2. The topological polar surface area (TPSA) is 58.6 Å². The highest BCUT2D eigenvalue weighted by atomic mass is 19.1. The monoisotopic (exact) mass is 384 g/mol. The number of aryl methyl sites for hydroxylation is 1. The average Bonchev–Trinajstić information content (AvgIpc) is 3.04. The van der Waals surface area contributed by atoms with Crippen LogP contribution in [0.5, 0.6) is 0 Å². The van der Waals surface area contributed by atoms with E-state index in [0.29, 0.717) is 38.2 Å². The number of likely N-dealkylation sites (tertiary alicyclic amines) is 1. The Kier molecular flexibility index (Phi) is 6.41. The molecule has 0 bridgehead atoms. The summed E-state index contributed by atoms with van der Waals surface area (Å²) in [5.74, 6) is -0.196. The third-order valence-electron chi connectivity index (χ3n) is 5.06. The van der Waals surface area contributed by atoms with E-state index in [1.807, 2.05) is 19.1 Å². The summed E-state index contributed by atoms with van der Waals surface area (Å²) in [4.78, 5) is 26.2. The minimum Gasteiger partial charge on any atom is -0.383 e. The van der Waals surface area contributed by atoms with Crippen LogP contribution < -0.4 is 5.32 Å². The molecule has 6 heteroatoms. The molecule has 0 aromatic heterocycles. The number of amides is 2. The molecule has 3 rings (SSSR count). The van der Waals surface area contributed by atoms with Crippen LogP contribution in [0.15, 0.2) is 42.5 Å². The lowest BCUT2D eigenvalue weighted by Gasteiger charge is -2.16. The number of halogens is 1. The zero-order valence-corrected chi connectivity index (χ0v) is 16.2.